The number of carboxylic acids is 1. The maximum atomic E-state index is 13.3. The number of allylic oxidation sites excluding steroid dienone is 12. The van der Waals surface area contributed by atoms with E-state index in [9.17, 15) is 74.7 Å². The molecule has 0 bridgehead atoms. The topological polar surface area (TPSA) is 351 Å². The number of carbonyl (C=O) groups is 6. The van der Waals surface area contributed by atoms with E-state index in [1.54, 1.807) is 85.0 Å². The van der Waals surface area contributed by atoms with Gasteiger partial charge in [-0.2, -0.15) is 0 Å². The number of ketones is 4. The molecule has 20 heteroatoms. The Balaban J connectivity index is 1.84. The van der Waals surface area contributed by atoms with Gasteiger partial charge in [0.05, 0.1) is 67.4 Å². The zero-order valence-electron chi connectivity index (χ0n) is 45.6. The second-order valence-electron chi connectivity index (χ2n) is 20.9. The molecule has 1 fully saturated rings. The van der Waals surface area contributed by atoms with Crippen molar-refractivity contribution in [3.63, 3.8) is 0 Å². The predicted molar refractivity (Wildman–Crippen MR) is 291 cm³/mol. The first-order valence-electron chi connectivity index (χ1n) is 27.0. The van der Waals surface area contributed by atoms with Crippen LogP contribution >= 0.6 is 0 Å². The zero-order chi connectivity index (χ0) is 58.6. The lowest BCUT2D eigenvalue weighted by Gasteiger charge is -2.41. The Labute approximate surface area is 462 Å². The van der Waals surface area contributed by atoms with E-state index >= 15 is 0 Å². The van der Waals surface area contributed by atoms with Crippen molar-refractivity contribution in [1.29, 1.82) is 0 Å². The van der Waals surface area contributed by atoms with Crippen molar-refractivity contribution >= 4 is 35.1 Å². The van der Waals surface area contributed by atoms with Crippen LogP contribution in [-0.4, -0.2) is 165 Å². The molecule has 0 amide bonds. The van der Waals surface area contributed by atoms with Gasteiger partial charge in [0.15, 0.2) is 12.1 Å². The average molecular weight is 1110 g/mol. The monoisotopic (exact) mass is 1110 g/mol. The number of aliphatic hydroxyl groups excluding tert-OH is 8. The predicted octanol–water partition coefficient (Wildman–Crippen LogP) is 3.82. The number of esters is 1. The number of nitrogens with two attached hydrogens (primary N) is 1. The lowest BCUT2D eigenvalue weighted by Crippen LogP contribution is -2.61. The van der Waals surface area contributed by atoms with Gasteiger partial charge in [-0.25, -0.2) is 0 Å². The number of carboxylic acid groups (broad SMARTS) is 1. The number of carbonyl (C=O) groups excluding carboxylic acids is 5. The van der Waals surface area contributed by atoms with E-state index in [1.807, 2.05) is 26.8 Å². The van der Waals surface area contributed by atoms with Crippen molar-refractivity contribution in [2.75, 3.05) is 0 Å². The number of rotatable bonds is 11. The molecule has 17 atom stereocenters. The van der Waals surface area contributed by atoms with Crippen LogP contribution < -0.4 is 5.73 Å². The summed E-state index contributed by atoms with van der Waals surface area (Å²) >= 11 is 0. The van der Waals surface area contributed by atoms with E-state index in [2.05, 4.69) is 4.98 Å². The highest BCUT2D eigenvalue weighted by Crippen LogP contribution is 2.29. The third kappa shape index (κ3) is 26.1. The first kappa shape index (κ1) is 67.8. The van der Waals surface area contributed by atoms with Crippen molar-refractivity contribution in [1.82, 2.24) is 4.98 Å². The van der Waals surface area contributed by atoms with Crippen LogP contribution in [0.15, 0.2) is 110 Å². The van der Waals surface area contributed by atoms with Gasteiger partial charge in [0.25, 0.3) is 0 Å². The van der Waals surface area contributed by atoms with E-state index in [0.29, 0.717) is 12.0 Å². The Morgan fingerprint density at radius 2 is 1.25 bits per heavy atom. The summed E-state index contributed by atoms with van der Waals surface area (Å²) in [7, 11) is 0. The number of Topliss-reactive ketones (excluding diaryl/α,β-unsaturated/α-hetero) is 4. The SMILES string of the molecule is CC1C=CC=CC=CC=CC=CC=CC=CC(OC2OC(C)C(O)C(N)C2O)CC(O)C(CC(=O)O)C(O)CC(=O)CC(O)CC(O)CC(O)CC(=O)CCCC(=O)CC(=O)OC1C(C)CC(C)C(O)CC(=O)c1ccncc1. The molecule has 17 unspecified atom stereocenters. The molecule has 1 aromatic heterocycles. The molecule has 438 valence electrons. The quantitative estimate of drug-likeness (QED) is 0.0855. The highest BCUT2D eigenvalue weighted by atomic mass is 16.7. The second-order valence-corrected chi connectivity index (χ2v) is 20.9. The molecule has 3 heterocycles. The first-order chi connectivity index (χ1) is 37.4. The first-order valence-corrected chi connectivity index (χ1v) is 27.0. The molecule has 20 nitrogen and oxygen atoms in total. The van der Waals surface area contributed by atoms with E-state index in [-0.39, 0.29) is 68.5 Å². The minimum Gasteiger partial charge on any atom is -0.481 e. The van der Waals surface area contributed by atoms with Crippen LogP contribution in [0.2, 0.25) is 0 Å². The van der Waals surface area contributed by atoms with E-state index in [0.717, 1.165) is 0 Å². The van der Waals surface area contributed by atoms with Gasteiger partial charge < -0.3 is 65.9 Å². The fourth-order valence-corrected chi connectivity index (χ4v) is 9.43. The minimum atomic E-state index is -1.72. The van der Waals surface area contributed by atoms with E-state index < -0.39 is 147 Å². The molecule has 0 aromatic carbocycles. The average Bonchev–Trinajstić information content (AvgIpc) is 3.37. The van der Waals surface area contributed by atoms with Gasteiger partial charge in [-0.05, 0) is 56.6 Å². The van der Waals surface area contributed by atoms with Crippen LogP contribution in [0.5, 0.6) is 0 Å². The van der Waals surface area contributed by atoms with Crippen molar-refractivity contribution in [3.8, 4) is 0 Å². The van der Waals surface area contributed by atoms with Crippen molar-refractivity contribution in [3.05, 3.63) is 115 Å². The molecule has 0 spiro atoms. The number of aromatic nitrogens is 1. The minimum absolute atomic E-state index is 0.0692. The molecular weight excluding hydrogens is 1020 g/mol. The standard InChI is InChI=1S/C59H84N2O18/c1-36-18-15-13-11-9-7-5-6-8-10-12-14-16-21-47(78-59-57(76)55(60)56(75)39(4)77-59)33-52(71)48(34-53(72)73)51(70)31-46(67)30-45(66)29-44(65)28-43(64)27-41(62)19-17-20-42(63)32-54(74)79-58(36)38(3)26-37(2)49(68)35-50(69)40-22-24-61-25-23-40/h5-16,18,21-25,36-39,43-45,47-49,51-52,55-59,64-66,68,70-71,75-76H,17,19-20,26-35,60H2,1-4H3,(H,72,73). The Hall–Kier alpha value is -5.49. The number of hydrogen-bond donors (Lipinski definition) is 10. The molecule has 0 saturated carbocycles. The Morgan fingerprint density at radius 3 is 1.84 bits per heavy atom. The normalized spacial score (nSPS) is 31.9. The highest BCUT2D eigenvalue weighted by Gasteiger charge is 2.43. The Morgan fingerprint density at radius 1 is 0.709 bits per heavy atom. The van der Waals surface area contributed by atoms with Crippen LogP contribution in [-0.2, 0) is 38.2 Å². The van der Waals surface area contributed by atoms with Gasteiger partial charge >= 0.3 is 11.9 Å². The smallest absolute Gasteiger partial charge is 0.313 e. The zero-order valence-corrected chi connectivity index (χ0v) is 45.6. The van der Waals surface area contributed by atoms with Crippen LogP contribution in [0.3, 0.4) is 0 Å². The third-order valence-electron chi connectivity index (χ3n) is 13.9. The Kier molecular flexibility index (Phi) is 30.9. The lowest BCUT2D eigenvalue weighted by molar-refractivity contribution is -0.277. The van der Waals surface area contributed by atoms with Crippen LogP contribution in [0.4, 0.5) is 0 Å². The lowest BCUT2D eigenvalue weighted by atomic mass is 9.83. The fourth-order valence-electron chi connectivity index (χ4n) is 9.43. The molecule has 1 aromatic rings. The summed E-state index contributed by atoms with van der Waals surface area (Å²) in [4.78, 5) is 80.7. The molecule has 3 rings (SSSR count). The fraction of sp³-hybridized carbons (Fsp3) is 0.576. The van der Waals surface area contributed by atoms with Gasteiger partial charge in [0.1, 0.15) is 36.0 Å². The summed E-state index contributed by atoms with van der Waals surface area (Å²) in [6, 6.07) is 2.00. The number of nitrogens with zero attached hydrogens (tertiary/aromatic N) is 1. The molecular formula is C59H84N2O18. The maximum Gasteiger partial charge on any atom is 0.313 e. The van der Waals surface area contributed by atoms with Crippen molar-refractivity contribution < 1.29 is 88.9 Å². The van der Waals surface area contributed by atoms with E-state index in [1.165, 1.54) is 25.4 Å². The molecule has 1 saturated heterocycles. The number of aliphatic carboxylic acids is 1. The number of hydrogen-bond acceptors (Lipinski definition) is 19. The molecule has 79 heavy (non-hydrogen) atoms. The largest absolute Gasteiger partial charge is 0.481 e. The molecule has 2 aliphatic heterocycles. The Bertz CT molecular complexity index is 2280. The number of aliphatic hydroxyl groups is 8. The van der Waals surface area contributed by atoms with Crippen LogP contribution in [0.25, 0.3) is 0 Å². The summed E-state index contributed by atoms with van der Waals surface area (Å²) in [5.74, 6) is -6.52. The summed E-state index contributed by atoms with van der Waals surface area (Å²) in [6.07, 6.45) is 7.80. The molecule has 11 N–H and O–H groups in total. The van der Waals surface area contributed by atoms with Crippen LogP contribution in [0, 0.1) is 23.7 Å². The molecule has 0 aliphatic carbocycles. The number of ether oxygens (including phenoxy) is 3. The second kappa shape index (κ2) is 36.0. The summed E-state index contributed by atoms with van der Waals surface area (Å²) in [5.41, 5.74) is 6.44. The number of pyridine rings is 1. The van der Waals surface area contributed by atoms with Crippen molar-refractivity contribution in [2.24, 2.45) is 29.4 Å². The molecule has 2 aliphatic rings. The van der Waals surface area contributed by atoms with Crippen molar-refractivity contribution in [2.45, 2.75) is 191 Å². The molecule has 0 radical (unpaired) electrons. The maximum absolute atomic E-state index is 13.3. The number of cyclic esters (lactones) is 1. The van der Waals surface area contributed by atoms with Gasteiger partial charge in [-0.3, -0.25) is 33.8 Å². The van der Waals surface area contributed by atoms with E-state index in [4.69, 9.17) is 19.9 Å². The third-order valence-corrected chi connectivity index (χ3v) is 13.9. The summed E-state index contributed by atoms with van der Waals surface area (Å²) in [6.45, 7) is 7.05. The van der Waals surface area contributed by atoms with Gasteiger partial charge in [-0.15, -0.1) is 0 Å². The van der Waals surface area contributed by atoms with Crippen LogP contribution in [0.1, 0.15) is 122 Å². The highest BCUT2D eigenvalue weighted by molar-refractivity contribution is 5.96. The van der Waals surface area contributed by atoms with Gasteiger partial charge in [-0.1, -0.05) is 106 Å². The summed E-state index contributed by atoms with van der Waals surface area (Å²) < 4.78 is 17.6. The van der Waals surface area contributed by atoms with Gasteiger partial charge in [0, 0.05) is 74.7 Å². The van der Waals surface area contributed by atoms with Gasteiger partial charge in [0.2, 0.25) is 0 Å². The summed E-state index contributed by atoms with van der Waals surface area (Å²) in [5, 5.41) is 96.2.